The monoisotopic (exact) mass is 298 g/mol. The number of nitrogens with zero attached hydrogens (tertiary/aromatic N) is 4. The summed E-state index contributed by atoms with van der Waals surface area (Å²) in [5.74, 6) is 0.948. The first-order chi connectivity index (χ1) is 9.43. The van der Waals surface area contributed by atoms with Gasteiger partial charge in [-0.15, -0.1) is 10.2 Å². The van der Waals surface area contributed by atoms with Crippen molar-refractivity contribution in [2.24, 2.45) is 4.99 Å². The molecule has 20 heavy (non-hydrogen) atoms. The predicted molar refractivity (Wildman–Crippen MR) is 80.9 cm³/mol. The second-order valence-electron chi connectivity index (χ2n) is 4.76. The van der Waals surface area contributed by atoms with Crippen LogP contribution >= 0.6 is 11.3 Å². The van der Waals surface area contributed by atoms with Crippen molar-refractivity contribution in [3.05, 3.63) is 10.0 Å². The fourth-order valence-electron chi connectivity index (χ4n) is 1.27. The number of aliphatic imine (C=N–C) groups is 1. The van der Waals surface area contributed by atoms with Gasteiger partial charge in [0.2, 0.25) is 5.91 Å². The van der Waals surface area contributed by atoms with Crippen molar-refractivity contribution in [1.29, 1.82) is 0 Å². The average molecular weight is 298 g/mol. The topological polar surface area (TPSA) is 82.5 Å². The molecule has 1 aromatic rings. The summed E-state index contributed by atoms with van der Waals surface area (Å²) in [5, 5.41) is 16.2. The van der Waals surface area contributed by atoms with Crippen LogP contribution in [0.2, 0.25) is 0 Å². The van der Waals surface area contributed by atoms with Gasteiger partial charge in [-0.25, -0.2) is 0 Å². The highest BCUT2D eigenvalue weighted by Gasteiger charge is 2.09. The van der Waals surface area contributed by atoms with Gasteiger partial charge in [-0.2, -0.15) is 0 Å². The molecule has 0 aromatic carbocycles. The fraction of sp³-hybridized carbons (Fsp3) is 0.667. The number of likely N-dealkylation sites (N-methyl/N-ethyl adjacent to an activating group) is 1. The molecule has 0 aliphatic rings. The number of guanidine groups is 1. The van der Waals surface area contributed by atoms with Crippen LogP contribution in [0.15, 0.2) is 4.99 Å². The van der Waals surface area contributed by atoms with Crippen LogP contribution in [0.5, 0.6) is 0 Å². The first-order valence-electron chi connectivity index (χ1n) is 6.41. The minimum Gasteiger partial charge on any atom is -0.350 e. The Hall–Kier alpha value is -1.70. The normalized spacial score (nSPS) is 11.6. The van der Waals surface area contributed by atoms with Crippen molar-refractivity contribution < 1.29 is 4.79 Å². The third-order valence-electron chi connectivity index (χ3n) is 2.51. The van der Waals surface area contributed by atoms with E-state index in [4.69, 9.17) is 0 Å². The molecule has 1 rings (SSSR count). The predicted octanol–water partition coefficient (Wildman–Crippen LogP) is 0.415. The molecule has 0 unspecified atom stereocenters. The zero-order valence-electron chi connectivity index (χ0n) is 12.6. The number of nitrogens with one attached hydrogen (secondary N) is 2. The Kier molecular flexibility index (Phi) is 6.37. The van der Waals surface area contributed by atoms with Crippen LogP contribution in [0.3, 0.4) is 0 Å². The van der Waals surface area contributed by atoms with Crippen LogP contribution in [-0.4, -0.2) is 54.7 Å². The average Bonchev–Trinajstić information content (AvgIpc) is 2.87. The van der Waals surface area contributed by atoms with Gasteiger partial charge in [0, 0.05) is 27.1 Å². The van der Waals surface area contributed by atoms with E-state index in [2.05, 4.69) is 39.7 Å². The smallest absolute Gasteiger partial charge is 0.241 e. The molecule has 8 heteroatoms. The van der Waals surface area contributed by atoms with Gasteiger partial charge in [0.05, 0.1) is 13.1 Å². The maximum atomic E-state index is 11.5. The van der Waals surface area contributed by atoms with Gasteiger partial charge in [-0.3, -0.25) is 9.79 Å². The molecular weight excluding hydrogens is 276 g/mol. The lowest BCUT2D eigenvalue weighted by Crippen LogP contribution is -2.42. The maximum absolute atomic E-state index is 11.5. The van der Waals surface area contributed by atoms with Gasteiger partial charge >= 0.3 is 0 Å². The number of rotatable bonds is 5. The fourth-order valence-corrected chi connectivity index (χ4v) is 2.05. The van der Waals surface area contributed by atoms with Crippen molar-refractivity contribution in [1.82, 2.24) is 25.7 Å². The zero-order chi connectivity index (χ0) is 15.1. The number of amides is 1. The lowest BCUT2D eigenvalue weighted by Gasteiger charge is -2.13. The molecule has 1 heterocycles. The molecule has 0 radical (unpaired) electrons. The highest BCUT2D eigenvalue weighted by atomic mass is 32.1. The molecule has 0 aliphatic heterocycles. The number of hydrogen-bond acceptors (Lipinski definition) is 5. The molecule has 1 amide bonds. The van der Waals surface area contributed by atoms with Crippen molar-refractivity contribution in [3.8, 4) is 0 Å². The van der Waals surface area contributed by atoms with E-state index >= 15 is 0 Å². The van der Waals surface area contributed by atoms with Gasteiger partial charge in [0.15, 0.2) is 5.96 Å². The summed E-state index contributed by atoms with van der Waals surface area (Å²) < 4.78 is 0. The minimum atomic E-state index is -0.00837. The minimum absolute atomic E-state index is 0.00837. The Bertz CT molecular complexity index is 468. The number of aromatic nitrogens is 2. The summed E-state index contributed by atoms with van der Waals surface area (Å²) in [5.41, 5.74) is 0. The molecular formula is C12H22N6OS. The van der Waals surface area contributed by atoms with Gasteiger partial charge in [0.1, 0.15) is 10.0 Å². The zero-order valence-corrected chi connectivity index (χ0v) is 13.4. The molecule has 112 valence electrons. The van der Waals surface area contributed by atoms with E-state index in [9.17, 15) is 4.79 Å². The Morgan fingerprint density at radius 2 is 2.05 bits per heavy atom. The molecule has 0 fully saturated rings. The second-order valence-corrected chi connectivity index (χ2v) is 5.85. The van der Waals surface area contributed by atoms with Gasteiger partial charge in [-0.1, -0.05) is 25.2 Å². The van der Waals surface area contributed by atoms with Gasteiger partial charge in [0.25, 0.3) is 0 Å². The first kappa shape index (κ1) is 16.4. The molecule has 0 spiro atoms. The lowest BCUT2D eigenvalue weighted by molar-refractivity contribution is -0.127. The second kappa shape index (κ2) is 7.78. The largest absolute Gasteiger partial charge is 0.350 e. The Labute approximate surface area is 123 Å². The molecule has 2 N–H and O–H groups in total. The summed E-state index contributed by atoms with van der Waals surface area (Å²) in [4.78, 5) is 17.1. The highest BCUT2D eigenvalue weighted by molar-refractivity contribution is 7.11. The maximum Gasteiger partial charge on any atom is 0.241 e. The summed E-state index contributed by atoms with van der Waals surface area (Å²) in [6.07, 6.45) is 0. The third kappa shape index (κ3) is 5.12. The van der Waals surface area contributed by atoms with Crippen molar-refractivity contribution in [2.45, 2.75) is 26.3 Å². The van der Waals surface area contributed by atoms with Crippen LogP contribution in [0.1, 0.15) is 29.8 Å². The standard InChI is InChI=1S/C12H22N6OS/c1-8(2)11-17-16-9(20-11)6-14-12(13-3)15-7-10(19)18(4)5/h8H,6-7H2,1-5H3,(H2,13,14,15). The lowest BCUT2D eigenvalue weighted by atomic mass is 10.2. The van der Waals surface area contributed by atoms with E-state index in [-0.39, 0.29) is 12.5 Å². The van der Waals surface area contributed by atoms with Crippen molar-refractivity contribution in [2.75, 3.05) is 27.7 Å². The van der Waals surface area contributed by atoms with Crippen LogP contribution in [0.4, 0.5) is 0 Å². The summed E-state index contributed by atoms with van der Waals surface area (Å²) >= 11 is 1.58. The van der Waals surface area contributed by atoms with E-state index in [1.165, 1.54) is 4.90 Å². The SMILES string of the molecule is CN=C(NCC(=O)N(C)C)NCc1nnc(C(C)C)s1. The van der Waals surface area contributed by atoms with Gasteiger partial charge < -0.3 is 15.5 Å². The summed E-state index contributed by atoms with van der Waals surface area (Å²) in [6, 6.07) is 0. The first-order valence-corrected chi connectivity index (χ1v) is 7.22. The van der Waals surface area contributed by atoms with Crippen molar-refractivity contribution in [3.63, 3.8) is 0 Å². The van der Waals surface area contributed by atoms with Crippen LogP contribution in [-0.2, 0) is 11.3 Å². The molecule has 1 aromatic heterocycles. The number of carbonyl (C=O) groups is 1. The Morgan fingerprint density at radius 1 is 1.35 bits per heavy atom. The Morgan fingerprint density at radius 3 is 2.55 bits per heavy atom. The molecule has 0 bridgehead atoms. The van der Waals surface area contributed by atoms with Crippen LogP contribution in [0, 0.1) is 0 Å². The molecule has 0 saturated carbocycles. The number of hydrogen-bond donors (Lipinski definition) is 2. The van der Waals surface area contributed by atoms with Crippen LogP contribution in [0.25, 0.3) is 0 Å². The van der Waals surface area contributed by atoms with E-state index < -0.39 is 0 Å². The number of carbonyl (C=O) groups excluding carboxylic acids is 1. The summed E-state index contributed by atoms with van der Waals surface area (Å²) in [7, 11) is 5.10. The highest BCUT2D eigenvalue weighted by Crippen LogP contribution is 2.18. The third-order valence-corrected chi connectivity index (χ3v) is 3.74. The van der Waals surface area contributed by atoms with Crippen molar-refractivity contribution >= 4 is 23.2 Å². The van der Waals surface area contributed by atoms with Crippen LogP contribution < -0.4 is 10.6 Å². The molecule has 0 atom stereocenters. The molecule has 0 aliphatic carbocycles. The quantitative estimate of drug-likeness (QED) is 0.608. The Balaban J connectivity index is 2.43. The molecule has 7 nitrogen and oxygen atoms in total. The van der Waals surface area contributed by atoms with E-state index in [0.29, 0.717) is 18.4 Å². The van der Waals surface area contributed by atoms with E-state index in [0.717, 1.165) is 10.0 Å². The van der Waals surface area contributed by atoms with E-state index in [1.807, 2.05) is 0 Å². The molecule has 0 saturated heterocycles. The van der Waals surface area contributed by atoms with E-state index in [1.54, 1.807) is 32.5 Å². The van der Waals surface area contributed by atoms with Gasteiger partial charge in [-0.05, 0) is 0 Å². The summed E-state index contributed by atoms with van der Waals surface area (Å²) in [6.45, 7) is 4.93.